The van der Waals surface area contributed by atoms with Crippen LogP contribution in [0.4, 0.5) is 10.1 Å². The Kier molecular flexibility index (Phi) is 8.64. The van der Waals surface area contributed by atoms with Crippen LogP contribution in [0, 0.1) is 5.82 Å². The number of methoxy groups -OCH3 is 1. The highest BCUT2D eigenvalue weighted by Crippen LogP contribution is 2.22. The van der Waals surface area contributed by atoms with Gasteiger partial charge in [0.25, 0.3) is 0 Å². The molecule has 136 valence electrons. The van der Waals surface area contributed by atoms with Crippen molar-refractivity contribution < 1.29 is 9.13 Å². The molecule has 0 aliphatic rings. The van der Waals surface area contributed by atoms with Crippen LogP contribution >= 0.6 is 24.0 Å². The minimum atomic E-state index is -0.212. The van der Waals surface area contributed by atoms with Crippen LogP contribution in [0.15, 0.2) is 47.5 Å². The van der Waals surface area contributed by atoms with Gasteiger partial charge >= 0.3 is 0 Å². The highest BCUT2D eigenvalue weighted by Gasteiger charge is 2.06. The van der Waals surface area contributed by atoms with Crippen molar-refractivity contribution in [3.63, 3.8) is 0 Å². The first-order chi connectivity index (χ1) is 11.5. The molecule has 25 heavy (non-hydrogen) atoms. The number of rotatable bonds is 6. The molecule has 0 bridgehead atoms. The predicted molar refractivity (Wildman–Crippen MR) is 111 cm³/mol. The number of para-hydroxylation sites is 2. The fourth-order valence-corrected chi connectivity index (χ4v) is 2.29. The van der Waals surface area contributed by atoms with E-state index < -0.39 is 0 Å². The summed E-state index contributed by atoms with van der Waals surface area (Å²) >= 11 is 0. The molecule has 0 aliphatic heterocycles. The van der Waals surface area contributed by atoms with Crippen molar-refractivity contribution in [2.45, 2.75) is 13.1 Å². The number of nitrogens with zero attached hydrogens (tertiary/aromatic N) is 2. The molecule has 0 atom stereocenters. The standard InChI is InChI=1S/C18H23FN4O.HI/c1-23(2)12-14-10-13(8-9-15(14)19)11-21-18(20)22-16-6-4-5-7-17(16)24-3;/h4-10H,11-12H2,1-3H3,(H3,20,21,22);1H. The average molecular weight is 458 g/mol. The van der Waals surface area contributed by atoms with Crippen molar-refractivity contribution in [1.82, 2.24) is 4.90 Å². The molecule has 0 spiro atoms. The third kappa shape index (κ3) is 6.50. The van der Waals surface area contributed by atoms with Crippen LogP contribution in [0.3, 0.4) is 0 Å². The van der Waals surface area contributed by atoms with Gasteiger partial charge in [-0.2, -0.15) is 0 Å². The van der Waals surface area contributed by atoms with E-state index in [2.05, 4.69) is 10.3 Å². The predicted octanol–water partition coefficient (Wildman–Crippen LogP) is 3.44. The van der Waals surface area contributed by atoms with Crippen LogP contribution in [-0.4, -0.2) is 32.1 Å². The van der Waals surface area contributed by atoms with Gasteiger partial charge < -0.3 is 20.7 Å². The molecule has 2 aromatic carbocycles. The number of hydrogen-bond donors (Lipinski definition) is 2. The van der Waals surface area contributed by atoms with E-state index in [0.29, 0.717) is 24.4 Å². The van der Waals surface area contributed by atoms with Gasteiger partial charge in [0.2, 0.25) is 0 Å². The number of nitrogens with two attached hydrogens (primary N) is 1. The molecule has 2 rings (SSSR count). The van der Waals surface area contributed by atoms with Crippen molar-refractivity contribution in [1.29, 1.82) is 0 Å². The lowest BCUT2D eigenvalue weighted by Gasteiger charge is -2.12. The Morgan fingerprint density at radius 3 is 2.64 bits per heavy atom. The maximum absolute atomic E-state index is 13.8. The highest BCUT2D eigenvalue weighted by molar-refractivity contribution is 14.0. The van der Waals surface area contributed by atoms with Gasteiger partial charge in [-0.25, -0.2) is 9.38 Å². The largest absolute Gasteiger partial charge is 0.495 e. The molecule has 5 nitrogen and oxygen atoms in total. The summed E-state index contributed by atoms with van der Waals surface area (Å²) in [6.07, 6.45) is 0. The van der Waals surface area contributed by atoms with Gasteiger partial charge in [-0.05, 0) is 43.9 Å². The summed E-state index contributed by atoms with van der Waals surface area (Å²) in [5.74, 6) is 0.750. The second-order valence-corrected chi connectivity index (χ2v) is 5.69. The Bertz CT molecular complexity index is 722. The van der Waals surface area contributed by atoms with E-state index in [4.69, 9.17) is 10.5 Å². The van der Waals surface area contributed by atoms with E-state index >= 15 is 0 Å². The first-order valence-corrected chi connectivity index (χ1v) is 7.61. The Morgan fingerprint density at radius 1 is 1.24 bits per heavy atom. The topological polar surface area (TPSA) is 62.9 Å². The first kappa shape index (κ1) is 21.2. The van der Waals surface area contributed by atoms with Gasteiger partial charge in [-0.15, -0.1) is 24.0 Å². The van der Waals surface area contributed by atoms with Gasteiger partial charge in [0.15, 0.2) is 5.96 Å². The summed E-state index contributed by atoms with van der Waals surface area (Å²) in [5, 5.41) is 3.01. The van der Waals surface area contributed by atoms with Gasteiger partial charge in [-0.1, -0.05) is 18.2 Å². The zero-order valence-electron chi connectivity index (χ0n) is 14.6. The van der Waals surface area contributed by atoms with Crippen molar-refractivity contribution >= 4 is 35.6 Å². The van der Waals surface area contributed by atoms with Gasteiger partial charge in [-0.3, -0.25) is 0 Å². The summed E-state index contributed by atoms with van der Waals surface area (Å²) < 4.78 is 19.0. The van der Waals surface area contributed by atoms with E-state index in [1.807, 2.05) is 49.3 Å². The fraction of sp³-hybridized carbons (Fsp3) is 0.278. The van der Waals surface area contributed by atoms with E-state index in [9.17, 15) is 4.39 Å². The van der Waals surface area contributed by atoms with Crippen LogP contribution in [0.25, 0.3) is 0 Å². The molecule has 0 amide bonds. The van der Waals surface area contributed by atoms with Crippen molar-refractivity contribution in [3.05, 3.63) is 59.4 Å². The molecule has 0 heterocycles. The molecule has 0 aliphatic carbocycles. The number of aliphatic imine (C=N–C) groups is 1. The molecule has 2 aromatic rings. The second kappa shape index (κ2) is 10.2. The number of ether oxygens (including phenoxy) is 1. The van der Waals surface area contributed by atoms with Crippen LogP contribution in [0.5, 0.6) is 5.75 Å². The van der Waals surface area contributed by atoms with E-state index in [1.165, 1.54) is 6.07 Å². The van der Waals surface area contributed by atoms with Crippen molar-refractivity contribution in [2.24, 2.45) is 10.7 Å². The van der Waals surface area contributed by atoms with Gasteiger partial charge in [0.05, 0.1) is 19.3 Å². The van der Waals surface area contributed by atoms with Crippen molar-refractivity contribution in [3.8, 4) is 5.75 Å². The number of halogens is 2. The summed E-state index contributed by atoms with van der Waals surface area (Å²) in [7, 11) is 5.40. The molecule has 3 N–H and O–H groups in total. The average Bonchev–Trinajstić information content (AvgIpc) is 2.55. The maximum Gasteiger partial charge on any atom is 0.193 e. The zero-order valence-corrected chi connectivity index (χ0v) is 17.0. The molecule has 0 unspecified atom stereocenters. The Labute approximate surface area is 165 Å². The van der Waals surface area contributed by atoms with Crippen molar-refractivity contribution in [2.75, 3.05) is 26.5 Å². The van der Waals surface area contributed by atoms with Crippen LogP contribution in [-0.2, 0) is 13.1 Å². The molecular formula is C18H24FIN4O. The summed E-state index contributed by atoms with van der Waals surface area (Å²) in [6.45, 7) is 0.910. The Balaban J connectivity index is 0.00000312. The molecule has 0 aromatic heterocycles. The summed E-state index contributed by atoms with van der Waals surface area (Å²) in [4.78, 5) is 6.23. The quantitative estimate of drug-likeness (QED) is 0.396. The Morgan fingerprint density at radius 2 is 1.96 bits per heavy atom. The highest BCUT2D eigenvalue weighted by atomic mass is 127. The van der Waals surface area contributed by atoms with Gasteiger partial charge in [0, 0.05) is 12.1 Å². The third-order valence-corrected chi connectivity index (χ3v) is 3.40. The third-order valence-electron chi connectivity index (χ3n) is 3.40. The van der Waals surface area contributed by atoms with E-state index in [0.717, 1.165) is 11.3 Å². The molecular weight excluding hydrogens is 434 g/mol. The first-order valence-electron chi connectivity index (χ1n) is 7.61. The molecule has 0 saturated carbocycles. The summed E-state index contributed by atoms with van der Waals surface area (Å²) in [6, 6.07) is 12.4. The molecule has 0 fully saturated rings. The van der Waals surface area contributed by atoms with E-state index in [-0.39, 0.29) is 35.8 Å². The minimum Gasteiger partial charge on any atom is -0.495 e. The van der Waals surface area contributed by atoms with Crippen LogP contribution < -0.4 is 15.8 Å². The SMILES string of the molecule is COc1ccccc1NC(N)=NCc1ccc(F)c(CN(C)C)c1.I. The number of anilines is 1. The Hall–Kier alpha value is -1.87. The number of benzene rings is 2. The number of guanidine groups is 1. The smallest absolute Gasteiger partial charge is 0.193 e. The van der Waals surface area contributed by atoms with Crippen LogP contribution in [0.2, 0.25) is 0 Å². The normalized spacial score (nSPS) is 11.2. The second-order valence-electron chi connectivity index (χ2n) is 5.69. The molecule has 7 heteroatoms. The summed E-state index contributed by atoms with van der Waals surface area (Å²) in [5.41, 5.74) is 8.21. The number of hydrogen-bond acceptors (Lipinski definition) is 3. The van der Waals surface area contributed by atoms with Gasteiger partial charge in [0.1, 0.15) is 11.6 Å². The fourth-order valence-electron chi connectivity index (χ4n) is 2.29. The maximum atomic E-state index is 13.8. The van der Waals surface area contributed by atoms with E-state index in [1.54, 1.807) is 13.2 Å². The zero-order chi connectivity index (χ0) is 17.5. The minimum absolute atomic E-state index is 0. The lowest BCUT2D eigenvalue weighted by molar-refractivity contribution is 0.392. The lowest BCUT2D eigenvalue weighted by Crippen LogP contribution is -2.23. The molecule has 0 radical (unpaired) electrons. The lowest BCUT2D eigenvalue weighted by atomic mass is 10.1. The number of nitrogens with one attached hydrogen (secondary N) is 1. The molecule has 0 saturated heterocycles. The monoisotopic (exact) mass is 458 g/mol. The van der Waals surface area contributed by atoms with Crippen LogP contribution in [0.1, 0.15) is 11.1 Å².